The van der Waals surface area contributed by atoms with Crippen LogP contribution >= 0.6 is 24.4 Å². The van der Waals surface area contributed by atoms with Gasteiger partial charge in [0.05, 0.1) is 0 Å². The maximum atomic E-state index is 10.7. The molecule has 0 unspecified atom stereocenters. The Kier molecular flexibility index (Phi) is 4.60. The summed E-state index contributed by atoms with van der Waals surface area (Å²) in [7, 11) is -9.96. The Bertz CT molecular complexity index is 417. The van der Waals surface area contributed by atoms with Gasteiger partial charge >= 0.3 is 20.8 Å². The molecule has 0 radical (unpaired) electrons. The maximum Gasteiger partial charge on any atom is 0.468 e. The van der Waals surface area contributed by atoms with E-state index in [9.17, 15) is 16.8 Å². The van der Waals surface area contributed by atoms with E-state index in [2.05, 4.69) is 47.9 Å². The van der Waals surface area contributed by atoms with Gasteiger partial charge in [-0.1, -0.05) is 3.63 Å². The van der Waals surface area contributed by atoms with Gasteiger partial charge in [-0.15, -0.1) is 0 Å². The van der Waals surface area contributed by atoms with Gasteiger partial charge in [0.2, 0.25) is 0 Å². The molecular weight excluding hydrogens is 292 g/mol. The van der Waals surface area contributed by atoms with Gasteiger partial charge in [-0.05, 0) is 24.4 Å². The van der Waals surface area contributed by atoms with E-state index in [1.165, 1.54) is 0 Å². The standard InChI is InChI=1S/C2H4N2O7S4/c3-1(12)9-14(5,6)11-15(7,8)10-2(4)13/h(H2,3,12)(H2,4,13). The van der Waals surface area contributed by atoms with Crippen molar-refractivity contribution in [1.82, 2.24) is 0 Å². The second-order valence-electron chi connectivity index (χ2n) is 1.69. The Morgan fingerprint density at radius 2 is 1.13 bits per heavy atom. The molecular formula is C2H4N2O7S4. The highest BCUT2D eigenvalue weighted by Gasteiger charge is 2.27. The molecule has 0 spiro atoms. The molecule has 0 aliphatic heterocycles. The van der Waals surface area contributed by atoms with Crippen molar-refractivity contribution in [3.8, 4) is 0 Å². The Hall–Kier alpha value is -0.760. The van der Waals surface area contributed by atoms with Crippen LogP contribution in [0.25, 0.3) is 0 Å². The molecule has 0 aliphatic rings. The summed E-state index contributed by atoms with van der Waals surface area (Å²) in [5.74, 6) is 0. The second-order valence-corrected chi connectivity index (χ2v) is 5.00. The molecule has 0 rings (SSSR count). The zero-order chi connectivity index (χ0) is 12.3. The first-order valence-electron chi connectivity index (χ1n) is 2.73. The fourth-order valence-electron chi connectivity index (χ4n) is 0.331. The fourth-order valence-corrected chi connectivity index (χ4v) is 2.27. The first kappa shape index (κ1) is 14.2. The summed E-state index contributed by atoms with van der Waals surface area (Å²) >= 11 is 8.06. The lowest BCUT2D eigenvalue weighted by Gasteiger charge is -2.04. The van der Waals surface area contributed by atoms with Crippen molar-refractivity contribution in [2.75, 3.05) is 0 Å². The summed E-state index contributed by atoms with van der Waals surface area (Å²) in [5, 5.41) is -1.92. The van der Waals surface area contributed by atoms with E-state index in [-0.39, 0.29) is 0 Å². The molecule has 0 aromatic rings. The molecule has 0 saturated carbocycles. The van der Waals surface area contributed by atoms with Crippen molar-refractivity contribution in [2.24, 2.45) is 11.5 Å². The summed E-state index contributed by atoms with van der Waals surface area (Å²) in [6.45, 7) is 0. The largest absolute Gasteiger partial charge is 0.468 e. The number of thiocarbonyl (C=S) groups is 2. The molecule has 0 fully saturated rings. The van der Waals surface area contributed by atoms with Crippen molar-refractivity contribution in [3.05, 3.63) is 0 Å². The van der Waals surface area contributed by atoms with Crippen molar-refractivity contribution in [1.29, 1.82) is 0 Å². The van der Waals surface area contributed by atoms with E-state index in [0.29, 0.717) is 0 Å². The Morgan fingerprint density at radius 1 is 0.867 bits per heavy atom. The summed E-state index contributed by atoms with van der Waals surface area (Å²) in [6, 6.07) is 0. The number of nitrogens with two attached hydrogens (primary N) is 2. The highest BCUT2D eigenvalue weighted by Crippen LogP contribution is 2.05. The molecule has 4 N–H and O–H groups in total. The minimum absolute atomic E-state index is 0.958. The average Bonchev–Trinajstić information content (AvgIpc) is 1.73. The van der Waals surface area contributed by atoms with Crippen LogP contribution in [0.4, 0.5) is 0 Å². The minimum Gasteiger partial charge on any atom is -0.359 e. The molecule has 0 heterocycles. The first-order chi connectivity index (χ1) is 6.54. The van der Waals surface area contributed by atoms with Crippen LogP contribution < -0.4 is 11.5 Å². The number of hydrogen-bond acceptors (Lipinski definition) is 9. The maximum absolute atomic E-state index is 10.7. The van der Waals surface area contributed by atoms with Crippen LogP contribution in [-0.2, 0) is 32.8 Å². The van der Waals surface area contributed by atoms with Crippen molar-refractivity contribution in [2.45, 2.75) is 0 Å². The van der Waals surface area contributed by atoms with Crippen LogP contribution in [0.15, 0.2) is 0 Å². The van der Waals surface area contributed by atoms with Crippen LogP contribution in [0, 0.1) is 0 Å². The lowest BCUT2D eigenvalue weighted by Crippen LogP contribution is -2.26. The van der Waals surface area contributed by atoms with Crippen molar-refractivity contribution in [3.63, 3.8) is 0 Å². The van der Waals surface area contributed by atoms with E-state index < -0.39 is 31.1 Å². The summed E-state index contributed by atoms with van der Waals surface area (Å²) < 4.78 is 53.5. The lowest BCUT2D eigenvalue weighted by molar-refractivity contribution is 0.348. The van der Waals surface area contributed by atoms with Gasteiger partial charge < -0.3 is 19.8 Å². The van der Waals surface area contributed by atoms with Crippen LogP contribution in [0.2, 0.25) is 0 Å². The lowest BCUT2D eigenvalue weighted by atomic mass is 11.4. The molecule has 15 heavy (non-hydrogen) atoms. The van der Waals surface area contributed by atoms with Gasteiger partial charge in [-0.3, -0.25) is 0 Å². The Morgan fingerprint density at radius 3 is 1.33 bits per heavy atom. The SMILES string of the molecule is NC(=S)OS(=O)(=O)OS(=O)(=O)OC(N)=S. The van der Waals surface area contributed by atoms with Gasteiger partial charge in [0.1, 0.15) is 0 Å². The fraction of sp³-hybridized carbons (Fsp3) is 0. The Labute approximate surface area is 95.9 Å². The summed E-state index contributed by atoms with van der Waals surface area (Å²) in [6.07, 6.45) is 0. The van der Waals surface area contributed by atoms with Crippen molar-refractivity contribution >= 4 is 55.6 Å². The third-order valence-electron chi connectivity index (χ3n) is 0.535. The highest BCUT2D eigenvalue weighted by molar-refractivity contribution is 7.96. The molecule has 0 aromatic carbocycles. The molecule has 0 atom stereocenters. The van der Waals surface area contributed by atoms with Crippen molar-refractivity contribution < 1.29 is 28.8 Å². The molecule has 0 aromatic heterocycles. The second kappa shape index (κ2) is 4.84. The quantitative estimate of drug-likeness (QED) is 0.555. The summed E-state index contributed by atoms with van der Waals surface area (Å²) in [4.78, 5) is 0. The molecule has 0 saturated heterocycles. The van der Waals surface area contributed by atoms with Crippen LogP contribution in [0.1, 0.15) is 0 Å². The van der Waals surface area contributed by atoms with Gasteiger partial charge in [0.25, 0.3) is 10.3 Å². The van der Waals surface area contributed by atoms with Crippen LogP contribution in [0.5, 0.6) is 0 Å². The van der Waals surface area contributed by atoms with E-state index in [4.69, 9.17) is 0 Å². The Balaban J connectivity index is 4.74. The zero-order valence-electron chi connectivity index (χ0n) is 6.65. The monoisotopic (exact) mass is 296 g/mol. The van der Waals surface area contributed by atoms with E-state index in [1.54, 1.807) is 0 Å². The van der Waals surface area contributed by atoms with Gasteiger partial charge in [0.15, 0.2) is 0 Å². The molecule has 0 bridgehead atoms. The predicted octanol–water partition coefficient (Wildman–Crippen LogP) is -1.99. The van der Waals surface area contributed by atoms with Gasteiger partial charge in [-0.25, -0.2) is 0 Å². The van der Waals surface area contributed by atoms with E-state index >= 15 is 0 Å². The van der Waals surface area contributed by atoms with E-state index in [1.807, 2.05) is 0 Å². The molecule has 13 heteroatoms. The number of hydrogen-bond donors (Lipinski definition) is 2. The molecule has 0 amide bonds. The summed E-state index contributed by atoms with van der Waals surface area (Å²) in [5.41, 5.74) is 9.33. The zero-order valence-corrected chi connectivity index (χ0v) is 9.91. The minimum atomic E-state index is -4.98. The third kappa shape index (κ3) is 7.20. The molecule has 88 valence electrons. The molecule has 0 aliphatic carbocycles. The van der Waals surface area contributed by atoms with E-state index in [0.717, 1.165) is 0 Å². The topological polar surface area (TPSA) is 148 Å². The predicted molar refractivity (Wildman–Crippen MR) is 54.7 cm³/mol. The van der Waals surface area contributed by atoms with Gasteiger partial charge in [0, 0.05) is 0 Å². The van der Waals surface area contributed by atoms with Gasteiger partial charge in [-0.2, -0.15) is 16.8 Å². The molecule has 9 nitrogen and oxygen atoms in total. The average molecular weight is 296 g/mol. The highest BCUT2D eigenvalue weighted by atomic mass is 32.3. The van der Waals surface area contributed by atoms with Crippen LogP contribution in [0.3, 0.4) is 0 Å². The number of rotatable bonds is 4. The third-order valence-corrected chi connectivity index (χ3v) is 3.01. The smallest absolute Gasteiger partial charge is 0.359 e. The first-order valence-corrected chi connectivity index (χ1v) is 6.21. The van der Waals surface area contributed by atoms with Crippen LogP contribution in [-0.4, -0.2) is 27.2 Å². The normalized spacial score (nSPS) is 11.7.